The summed E-state index contributed by atoms with van der Waals surface area (Å²) in [6.45, 7) is 2.20. The molecule has 0 saturated heterocycles. The van der Waals surface area contributed by atoms with Crippen LogP contribution in [0.2, 0.25) is 0 Å². The summed E-state index contributed by atoms with van der Waals surface area (Å²) in [6, 6.07) is 0.323. The van der Waals surface area contributed by atoms with Crippen LogP contribution in [0, 0.1) is 5.92 Å². The van der Waals surface area contributed by atoms with Gasteiger partial charge in [0.05, 0.1) is 12.2 Å². The summed E-state index contributed by atoms with van der Waals surface area (Å²) < 4.78 is 24.1. The van der Waals surface area contributed by atoms with Crippen LogP contribution in [0.15, 0.2) is 17.3 Å². The van der Waals surface area contributed by atoms with Crippen LogP contribution in [0.3, 0.4) is 0 Å². The summed E-state index contributed by atoms with van der Waals surface area (Å²) in [5, 5.41) is 9.20. The molecule has 0 spiro atoms. The van der Waals surface area contributed by atoms with Gasteiger partial charge in [-0.3, -0.25) is 4.68 Å². The Balaban J connectivity index is 2.15. The molecule has 1 aromatic rings. The SMILES string of the molecule is CCC1CCCC(n2cc(S(N)(=O)=O)cn2)C1. The molecule has 2 unspecified atom stereocenters. The third-order valence-corrected chi connectivity index (χ3v) is 4.48. The topological polar surface area (TPSA) is 78.0 Å². The van der Waals surface area contributed by atoms with Crippen molar-refractivity contribution in [2.45, 2.75) is 50.0 Å². The highest BCUT2D eigenvalue weighted by Gasteiger charge is 2.23. The van der Waals surface area contributed by atoms with Gasteiger partial charge in [-0.05, 0) is 18.8 Å². The Morgan fingerprint density at radius 3 is 2.88 bits per heavy atom. The average Bonchev–Trinajstić information content (AvgIpc) is 2.78. The highest BCUT2D eigenvalue weighted by atomic mass is 32.2. The number of hydrogen-bond acceptors (Lipinski definition) is 3. The molecule has 0 amide bonds. The van der Waals surface area contributed by atoms with Gasteiger partial charge in [-0.25, -0.2) is 13.6 Å². The zero-order chi connectivity index (χ0) is 12.5. The number of nitrogens with zero attached hydrogens (tertiary/aromatic N) is 2. The lowest BCUT2D eigenvalue weighted by atomic mass is 9.84. The van der Waals surface area contributed by atoms with E-state index in [-0.39, 0.29) is 4.90 Å². The van der Waals surface area contributed by atoms with Crippen LogP contribution in [-0.2, 0) is 10.0 Å². The molecule has 1 fully saturated rings. The molecule has 17 heavy (non-hydrogen) atoms. The first kappa shape index (κ1) is 12.6. The maximum atomic E-state index is 11.2. The lowest BCUT2D eigenvalue weighted by molar-refractivity contribution is 0.247. The van der Waals surface area contributed by atoms with Gasteiger partial charge in [0, 0.05) is 6.20 Å². The van der Waals surface area contributed by atoms with Crippen molar-refractivity contribution in [3.63, 3.8) is 0 Å². The third-order valence-electron chi connectivity index (χ3n) is 3.61. The van der Waals surface area contributed by atoms with Gasteiger partial charge >= 0.3 is 0 Å². The first-order chi connectivity index (χ1) is 8.00. The Morgan fingerprint density at radius 2 is 2.29 bits per heavy atom. The standard InChI is InChI=1S/C11H19N3O2S/c1-2-9-4-3-5-10(6-9)14-8-11(7-13-14)17(12,15)16/h7-10H,2-6H2,1H3,(H2,12,15,16). The minimum absolute atomic E-state index is 0.108. The number of sulfonamides is 1. The highest BCUT2D eigenvalue weighted by Crippen LogP contribution is 2.33. The molecule has 5 nitrogen and oxygen atoms in total. The van der Waals surface area contributed by atoms with Crippen molar-refractivity contribution < 1.29 is 8.42 Å². The lowest BCUT2D eigenvalue weighted by Crippen LogP contribution is -2.19. The highest BCUT2D eigenvalue weighted by molar-refractivity contribution is 7.89. The van der Waals surface area contributed by atoms with Crippen LogP contribution in [-0.4, -0.2) is 18.2 Å². The second-order valence-electron chi connectivity index (χ2n) is 4.80. The number of rotatable bonds is 3. The minimum Gasteiger partial charge on any atom is -0.268 e. The van der Waals surface area contributed by atoms with E-state index in [1.54, 1.807) is 10.9 Å². The van der Waals surface area contributed by atoms with E-state index in [0.717, 1.165) is 18.8 Å². The number of hydrogen-bond donors (Lipinski definition) is 1. The maximum absolute atomic E-state index is 11.2. The zero-order valence-electron chi connectivity index (χ0n) is 10.0. The molecule has 1 saturated carbocycles. The molecule has 1 aliphatic carbocycles. The molecule has 0 bridgehead atoms. The van der Waals surface area contributed by atoms with Crippen LogP contribution in [0.25, 0.3) is 0 Å². The maximum Gasteiger partial charge on any atom is 0.241 e. The Kier molecular flexibility index (Phi) is 3.53. The van der Waals surface area contributed by atoms with E-state index in [0.29, 0.717) is 6.04 Å². The molecule has 0 aromatic carbocycles. The van der Waals surface area contributed by atoms with E-state index in [1.807, 2.05) is 0 Å². The molecule has 1 aliphatic rings. The zero-order valence-corrected chi connectivity index (χ0v) is 10.9. The molecule has 2 N–H and O–H groups in total. The van der Waals surface area contributed by atoms with Gasteiger partial charge in [0.15, 0.2) is 0 Å². The van der Waals surface area contributed by atoms with Crippen molar-refractivity contribution in [2.24, 2.45) is 11.1 Å². The molecule has 2 atom stereocenters. The van der Waals surface area contributed by atoms with Gasteiger partial charge in [-0.2, -0.15) is 5.10 Å². The second-order valence-corrected chi connectivity index (χ2v) is 6.36. The summed E-state index contributed by atoms with van der Waals surface area (Å²) in [7, 11) is -3.62. The second kappa shape index (κ2) is 4.78. The smallest absolute Gasteiger partial charge is 0.241 e. The van der Waals surface area contributed by atoms with Crippen molar-refractivity contribution in [3.8, 4) is 0 Å². The van der Waals surface area contributed by atoms with Crippen molar-refractivity contribution in [1.29, 1.82) is 0 Å². The number of nitrogens with two attached hydrogens (primary N) is 1. The van der Waals surface area contributed by atoms with Gasteiger partial charge in [-0.1, -0.05) is 26.2 Å². The van der Waals surface area contributed by atoms with E-state index in [2.05, 4.69) is 12.0 Å². The largest absolute Gasteiger partial charge is 0.268 e. The van der Waals surface area contributed by atoms with Gasteiger partial charge in [0.1, 0.15) is 4.90 Å². The molecular formula is C11H19N3O2S. The number of primary sulfonamides is 1. The minimum atomic E-state index is -3.62. The predicted octanol–water partition coefficient (Wildman–Crippen LogP) is 1.67. The average molecular weight is 257 g/mol. The summed E-state index contributed by atoms with van der Waals surface area (Å²) in [5.74, 6) is 0.732. The van der Waals surface area contributed by atoms with Gasteiger partial charge in [-0.15, -0.1) is 0 Å². The van der Waals surface area contributed by atoms with Crippen LogP contribution >= 0.6 is 0 Å². The van der Waals surface area contributed by atoms with Crippen molar-refractivity contribution in [3.05, 3.63) is 12.4 Å². The lowest BCUT2D eigenvalue weighted by Gasteiger charge is -2.28. The number of aromatic nitrogens is 2. The molecule has 0 radical (unpaired) electrons. The van der Waals surface area contributed by atoms with E-state index in [1.165, 1.54) is 25.5 Å². The fourth-order valence-electron chi connectivity index (χ4n) is 2.54. The third kappa shape index (κ3) is 2.87. The Bertz CT molecular complexity index is 481. The van der Waals surface area contributed by atoms with E-state index in [9.17, 15) is 8.42 Å². The van der Waals surface area contributed by atoms with Gasteiger partial charge in [0.25, 0.3) is 0 Å². The first-order valence-electron chi connectivity index (χ1n) is 6.07. The summed E-state index contributed by atoms with van der Waals surface area (Å²) in [5.41, 5.74) is 0. The Hall–Kier alpha value is -0.880. The van der Waals surface area contributed by atoms with Crippen molar-refractivity contribution in [1.82, 2.24) is 9.78 Å². The van der Waals surface area contributed by atoms with Gasteiger partial charge in [0.2, 0.25) is 10.0 Å². The Morgan fingerprint density at radius 1 is 1.53 bits per heavy atom. The van der Waals surface area contributed by atoms with Gasteiger partial charge < -0.3 is 0 Å². The quantitative estimate of drug-likeness (QED) is 0.894. The Labute approximate surface area is 102 Å². The summed E-state index contributed by atoms with van der Waals surface area (Å²) >= 11 is 0. The monoisotopic (exact) mass is 257 g/mol. The molecule has 1 aromatic heterocycles. The fraction of sp³-hybridized carbons (Fsp3) is 0.727. The van der Waals surface area contributed by atoms with Crippen LogP contribution < -0.4 is 5.14 Å². The van der Waals surface area contributed by atoms with Crippen LogP contribution in [0.1, 0.15) is 45.1 Å². The fourth-order valence-corrected chi connectivity index (χ4v) is 2.99. The summed E-state index contributed by atoms with van der Waals surface area (Å²) in [6.07, 6.45) is 8.69. The molecule has 96 valence electrons. The van der Waals surface area contributed by atoms with E-state index < -0.39 is 10.0 Å². The first-order valence-corrected chi connectivity index (χ1v) is 7.62. The van der Waals surface area contributed by atoms with Crippen LogP contribution in [0.4, 0.5) is 0 Å². The molecule has 2 rings (SSSR count). The summed E-state index contributed by atoms with van der Waals surface area (Å²) in [4.78, 5) is 0.108. The van der Waals surface area contributed by atoms with E-state index in [4.69, 9.17) is 5.14 Å². The van der Waals surface area contributed by atoms with Crippen molar-refractivity contribution >= 4 is 10.0 Å². The van der Waals surface area contributed by atoms with Crippen molar-refractivity contribution in [2.75, 3.05) is 0 Å². The van der Waals surface area contributed by atoms with Crippen LogP contribution in [0.5, 0.6) is 0 Å². The molecule has 6 heteroatoms. The molecule has 0 aliphatic heterocycles. The molecule has 1 heterocycles. The molecular weight excluding hydrogens is 238 g/mol. The normalized spacial score (nSPS) is 26.0. The predicted molar refractivity (Wildman–Crippen MR) is 64.9 cm³/mol. The van der Waals surface area contributed by atoms with E-state index >= 15 is 0 Å².